The summed E-state index contributed by atoms with van der Waals surface area (Å²) in [5.41, 5.74) is 1.10. The smallest absolute Gasteiger partial charge is 0.193 e. The van der Waals surface area contributed by atoms with Crippen molar-refractivity contribution < 1.29 is 9.84 Å². The lowest BCUT2D eigenvalue weighted by Gasteiger charge is -2.22. The van der Waals surface area contributed by atoms with E-state index in [1.165, 1.54) is 0 Å². The maximum atomic E-state index is 10.0. The highest BCUT2D eigenvalue weighted by Crippen LogP contribution is 2.01. The molecule has 1 rings (SSSR count). The molecule has 0 radical (unpaired) electrons. The van der Waals surface area contributed by atoms with Crippen LogP contribution < -0.4 is 5.32 Å². The Labute approximate surface area is 146 Å². The van der Waals surface area contributed by atoms with Crippen molar-refractivity contribution in [1.82, 2.24) is 10.2 Å². The number of hydrogen-bond donors (Lipinski definition) is 2. The SMILES string of the molecule is C=CCCCN(C)C(=NCC(O)COCc1ccccc1)NCC. The summed E-state index contributed by atoms with van der Waals surface area (Å²) >= 11 is 0. The monoisotopic (exact) mass is 333 g/mol. The lowest BCUT2D eigenvalue weighted by molar-refractivity contribution is 0.0330. The Morgan fingerprint density at radius 2 is 2.17 bits per heavy atom. The van der Waals surface area contributed by atoms with Crippen LogP contribution in [0.15, 0.2) is 48.0 Å². The molecule has 1 aromatic carbocycles. The Balaban J connectivity index is 2.36. The van der Waals surface area contributed by atoms with Crippen molar-refractivity contribution in [1.29, 1.82) is 0 Å². The Kier molecular flexibility index (Phi) is 10.6. The highest BCUT2D eigenvalue weighted by molar-refractivity contribution is 5.79. The average molecular weight is 333 g/mol. The molecule has 0 amide bonds. The molecule has 24 heavy (non-hydrogen) atoms. The van der Waals surface area contributed by atoms with Gasteiger partial charge in [0.15, 0.2) is 5.96 Å². The first kappa shape index (κ1) is 20.2. The summed E-state index contributed by atoms with van der Waals surface area (Å²) in [6.45, 7) is 8.57. The number of aliphatic hydroxyl groups excluding tert-OH is 1. The van der Waals surface area contributed by atoms with Crippen LogP contribution in [0.2, 0.25) is 0 Å². The summed E-state index contributed by atoms with van der Waals surface area (Å²) in [5, 5.41) is 13.3. The summed E-state index contributed by atoms with van der Waals surface area (Å²) in [4.78, 5) is 6.57. The molecule has 0 heterocycles. The zero-order valence-electron chi connectivity index (χ0n) is 14.9. The predicted molar refractivity (Wildman–Crippen MR) is 100 cm³/mol. The summed E-state index contributed by atoms with van der Waals surface area (Å²) in [5.74, 6) is 0.809. The first-order chi connectivity index (χ1) is 11.7. The van der Waals surface area contributed by atoms with Crippen LogP contribution in [0, 0.1) is 0 Å². The van der Waals surface area contributed by atoms with Crippen molar-refractivity contribution in [3.05, 3.63) is 48.6 Å². The molecule has 5 heteroatoms. The third-order valence-corrected chi connectivity index (χ3v) is 3.47. The molecular weight excluding hydrogens is 302 g/mol. The number of ether oxygens (including phenoxy) is 1. The van der Waals surface area contributed by atoms with Crippen molar-refractivity contribution in [3.63, 3.8) is 0 Å². The fourth-order valence-corrected chi connectivity index (χ4v) is 2.18. The molecule has 0 saturated carbocycles. The highest BCUT2D eigenvalue weighted by atomic mass is 16.5. The van der Waals surface area contributed by atoms with Gasteiger partial charge in [-0.05, 0) is 25.3 Å². The number of hydrogen-bond acceptors (Lipinski definition) is 3. The van der Waals surface area contributed by atoms with E-state index in [1.54, 1.807) is 0 Å². The van der Waals surface area contributed by atoms with Gasteiger partial charge in [-0.1, -0.05) is 36.4 Å². The van der Waals surface area contributed by atoms with Gasteiger partial charge in [0.1, 0.15) is 0 Å². The minimum absolute atomic E-state index is 0.276. The topological polar surface area (TPSA) is 57.1 Å². The van der Waals surface area contributed by atoms with E-state index < -0.39 is 6.10 Å². The Hall–Kier alpha value is -1.85. The van der Waals surface area contributed by atoms with Crippen LogP contribution in [-0.2, 0) is 11.3 Å². The first-order valence-corrected chi connectivity index (χ1v) is 8.57. The molecule has 0 saturated heterocycles. The zero-order valence-corrected chi connectivity index (χ0v) is 14.9. The molecule has 0 aliphatic heterocycles. The number of rotatable bonds is 11. The number of nitrogens with one attached hydrogen (secondary N) is 1. The normalized spacial score (nSPS) is 12.7. The first-order valence-electron chi connectivity index (χ1n) is 8.57. The van der Waals surface area contributed by atoms with E-state index in [-0.39, 0.29) is 6.61 Å². The van der Waals surface area contributed by atoms with Crippen molar-refractivity contribution in [2.75, 3.05) is 33.3 Å². The average Bonchev–Trinajstić information content (AvgIpc) is 2.59. The van der Waals surface area contributed by atoms with Crippen molar-refractivity contribution in [3.8, 4) is 0 Å². The number of aliphatic hydroxyl groups is 1. The maximum Gasteiger partial charge on any atom is 0.193 e. The van der Waals surface area contributed by atoms with Gasteiger partial charge in [0, 0.05) is 20.1 Å². The molecule has 1 unspecified atom stereocenters. The quantitative estimate of drug-likeness (QED) is 0.283. The summed E-state index contributed by atoms with van der Waals surface area (Å²) in [6.07, 6.45) is 3.34. The summed E-state index contributed by atoms with van der Waals surface area (Å²) in [7, 11) is 2.00. The van der Waals surface area contributed by atoms with Crippen molar-refractivity contribution in [2.24, 2.45) is 4.99 Å². The third-order valence-electron chi connectivity index (χ3n) is 3.47. The molecule has 2 N–H and O–H groups in total. The van der Waals surface area contributed by atoms with Crippen molar-refractivity contribution in [2.45, 2.75) is 32.5 Å². The Morgan fingerprint density at radius 1 is 1.42 bits per heavy atom. The molecule has 1 atom stereocenters. The van der Waals surface area contributed by atoms with Crippen LogP contribution in [-0.4, -0.2) is 55.4 Å². The van der Waals surface area contributed by atoms with E-state index >= 15 is 0 Å². The van der Waals surface area contributed by atoms with E-state index in [0.29, 0.717) is 13.2 Å². The second-order valence-corrected chi connectivity index (χ2v) is 5.70. The number of aliphatic imine (C=N–C) groups is 1. The Bertz CT molecular complexity index is 477. The summed E-state index contributed by atoms with van der Waals surface area (Å²) in [6, 6.07) is 9.94. The molecule has 0 aliphatic carbocycles. The van der Waals surface area contributed by atoms with Crippen LogP contribution in [0.25, 0.3) is 0 Å². The van der Waals surface area contributed by atoms with Gasteiger partial charge in [-0.15, -0.1) is 6.58 Å². The molecular formula is C19H31N3O2. The van der Waals surface area contributed by atoms with Crippen LogP contribution >= 0.6 is 0 Å². The van der Waals surface area contributed by atoms with E-state index in [0.717, 1.165) is 37.5 Å². The van der Waals surface area contributed by atoms with Gasteiger partial charge >= 0.3 is 0 Å². The van der Waals surface area contributed by atoms with Crippen LogP contribution in [0.1, 0.15) is 25.3 Å². The number of nitrogens with zero attached hydrogens (tertiary/aromatic N) is 2. The number of unbranched alkanes of at least 4 members (excludes halogenated alkanes) is 1. The lowest BCUT2D eigenvalue weighted by atomic mass is 10.2. The molecule has 0 bridgehead atoms. The zero-order chi connectivity index (χ0) is 17.6. The molecule has 0 aliphatic rings. The number of allylic oxidation sites excluding steroid dienone is 1. The van der Waals surface area contributed by atoms with Crippen LogP contribution in [0.5, 0.6) is 0 Å². The van der Waals surface area contributed by atoms with Gasteiger partial charge in [-0.2, -0.15) is 0 Å². The second-order valence-electron chi connectivity index (χ2n) is 5.70. The number of guanidine groups is 1. The minimum atomic E-state index is -0.607. The van der Waals surface area contributed by atoms with Gasteiger partial charge in [-0.3, -0.25) is 4.99 Å². The fraction of sp³-hybridized carbons (Fsp3) is 0.526. The fourth-order valence-electron chi connectivity index (χ4n) is 2.18. The lowest BCUT2D eigenvalue weighted by Crippen LogP contribution is -2.40. The standard InChI is InChI=1S/C19H31N3O2/c1-4-6-10-13-22(3)19(20-5-2)21-14-18(23)16-24-15-17-11-8-7-9-12-17/h4,7-9,11-12,18,23H,1,5-6,10,13-16H2,2-3H3,(H,20,21). The maximum absolute atomic E-state index is 10.0. The second kappa shape index (κ2) is 12.6. The molecule has 5 nitrogen and oxygen atoms in total. The molecule has 0 spiro atoms. The predicted octanol–water partition coefficient (Wildman–Crippen LogP) is 2.43. The minimum Gasteiger partial charge on any atom is -0.389 e. The van der Waals surface area contributed by atoms with Crippen molar-refractivity contribution >= 4 is 5.96 Å². The van der Waals surface area contributed by atoms with Gasteiger partial charge in [0.25, 0.3) is 0 Å². The highest BCUT2D eigenvalue weighted by Gasteiger charge is 2.08. The molecule has 134 valence electrons. The van der Waals surface area contributed by atoms with Gasteiger partial charge in [-0.25, -0.2) is 0 Å². The number of benzene rings is 1. The largest absolute Gasteiger partial charge is 0.389 e. The Morgan fingerprint density at radius 3 is 2.83 bits per heavy atom. The van der Waals surface area contributed by atoms with Gasteiger partial charge < -0.3 is 20.1 Å². The van der Waals surface area contributed by atoms with Gasteiger partial charge in [0.05, 0.1) is 25.9 Å². The van der Waals surface area contributed by atoms with E-state index in [1.807, 2.05) is 50.4 Å². The molecule has 0 fully saturated rings. The third kappa shape index (κ3) is 8.70. The summed E-state index contributed by atoms with van der Waals surface area (Å²) < 4.78 is 5.55. The van der Waals surface area contributed by atoms with Crippen LogP contribution in [0.3, 0.4) is 0 Å². The van der Waals surface area contributed by atoms with E-state index in [9.17, 15) is 5.11 Å². The van der Waals surface area contributed by atoms with E-state index in [4.69, 9.17) is 4.74 Å². The molecule has 0 aromatic heterocycles. The van der Waals surface area contributed by atoms with Gasteiger partial charge in [0.2, 0.25) is 0 Å². The molecule has 1 aromatic rings. The van der Waals surface area contributed by atoms with Crippen LogP contribution in [0.4, 0.5) is 0 Å². The van der Waals surface area contributed by atoms with E-state index in [2.05, 4.69) is 21.8 Å².